The third-order valence-corrected chi connectivity index (χ3v) is 5.70. The van der Waals surface area contributed by atoms with E-state index < -0.39 is 0 Å². The summed E-state index contributed by atoms with van der Waals surface area (Å²) in [6, 6.07) is 10.1. The summed E-state index contributed by atoms with van der Waals surface area (Å²) in [6.45, 7) is 5.38. The fourth-order valence-electron chi connectivity index (χ4n) is 3.93. The maximum absolute atomic E-state index is 12.7. The second-order valence-electron chi connectivity index (χ2n) is 7.47. The summed E-state index contributed by atoms with van der Waals surface area (Å²) in [4.78, 5) is 42.2. The van der Waals surface area contributed by atoms with Gasteiger partial charge >= 0.3 is 0 Å². The zero-order valence-electron chi connectivity index (χ0n) is 16.1. The lowest BCUT2D eigenvalue weighted by atomic mass is 9.94. The molecule has 0 spiro atoms. The van der Waals surface area contributed by atoms with E-state index in [1.807, 2.05) is 40.1 Å². The van der Waals surface area contributed by atoms with E-state index >= 15 is 0 Å². The van der Waals surface area contributed by atoms with Gasteiger partial charge < -0.3 is 14.7 Å². The van der Waals surface area contributed by atoms with Gasteiger partial charge in [0.05, 0.1) is 0 Å². The summed E-state index contributed by atoms with van der Waals surface area (Å²) in [5, 5.41) is 0. The van der Waals surface area contributed by atoms with Crippen LogP contribution in [-0.2, 0) is 20.8 Å². The molecule has 0 aliphatic carbocycles. The molecule has 2 saturated heterocycles. The molecular formula is C21H29N3O3. The second kappa shape index (κ2) is 9.02. The quantitative estimate of drug-likeness (QED) is 0.807. The summed E-state index contributed by atoms with van der Waals surface area (Å²) in [7, 11) is 0. The molecule has 146 valence electrons. The van der Waals surface area contributed by atoms with Crippen molar-refractivity contribution in [2.24, 2.45) is 5.92 Å². The van der Waals surface area contributed by atoms with Crippen molar-refractivity contribution in [3.05, 3.63) is 35.9 Å². The maximum atomic E-state index is 12.7. The molecule has 0 saturated carbocycles. The van der Waals surface area contributed by atoms with Gasteiger partial charge in [0.25, 0.3) is 0 Å². The van der Waals surface area contributed by atoms with Crippen molar-refractivity contribution in [2.75, 3.05) is 39.3 Å². The van der Waals surface area contributed by atoms with E-state index in [2.05, 4.69) is 0 Å². The number of likely N-dealkylation sites (tertiary alicyclic amines) is 1. The van der Waals surface area contributed by atoms with Gasteiger partial charge in [0.15, 0.2) is 0 Å². The highest BCUT2D eigenvalue weighted by atomic mass is 16.2. The Balaban J connectivity index is 1.41. The number of hydrogen-bond acceptors (Lipinski definition) is 3. The van der Waals surface area contributed by atoms with E-state index in [9.17, 15) is 14.4 Å². The van der Waals surface area contributed by atoms with Crippen molar-refractivity contribution in [1.82, 2.24) is 14.7 Å². The summed E-state index contributed by atoms with van der Waals surface area (Å²) < 4.78 is 0. The van der Waals surface area contributed by atoms with Gasteiger partial charge in [-0.1, -0.05) is 30.3 Å². The molecule has 0 radical (unpaired) electrons. The van der Waals surface area contributed by atoms with Gasteiger partial charge in [0, 0.05) is 58.5 Å². The van der Waals surface area contributed by atoms with Gasteiger partial charge in [-0.15, -0.1) is 0 Å². The molecule has 6 heteroatoms. The van der Waals surface area contributed by atoms with E-state index in [0.29, 0.717) is 45.7 Å². The lowest BCUT2D eigenvalue weighted by Gasteiger charge is -2.38. The van der Waals surface area contributed by atoms with Gasteiger partial charge in [0.2, 0.25) is 17.7 Å². The number of piperazine rings is 1. The van der Waals surface area contributed by atoms with Crippen molar-refractivity contribution in [3.63, 3.8) is 0 Å². The van der Waals surface area contributed by atoms with Crippen molar-refractivity contribution in [3.8, 4) is 0 Å². The highest BCUT2D eigenvalue weighted by Gasteiger charge is 2.31. The topological polar surface area (TPSA) is 60.9 Å². The average Bonchev–Trinajstić information content (AvgIpc) is 2.72. The predicted molar refractivity (Wildman–Crippen MR) is 103 cm³/mol. The van der Waals surface area contributed by atoms with Crippen LogP contribution in [-0.4, -0.2) is 71.7 Å². The monoisotopic (exact) mass is 371 g/mol. The molecule has 6 nitrogen and oxygen atoms in total. The number of rotatable bonds is 4. The number of carbonyl (C=O) groups is 3. The molecule has 2 aliphatic rings. The van der Waals surface area contributed by atoms with Crippen molar-refractivity contribution >= 4 is 17.7 Å². The maximum Gasteiger partial charge on any atom is 0.225 e. The lowest BCUT2D eigenvalue weighted by Crippen LogP contribution is -2.52. The molecule has 3 amide bonds. The van der Waals surface area contributed by atoms with Crippen LogP contribution in [0.4, 0.5) is 0 Å². The van der Waals surface area contributed by atoms with Crippen LogP contribution in [0.2, 0.25) is 0 Å². The molecule has 0 unspecified atom stereocenters. The van der Waals surface area contributed by atoms with Crippen LogP contribution < -0.4 is 0 Å². The Morgan fingerprint density at radius 3 is 2.04 bits per heavy atom. The summed E-state index contributed by atoms with van der Waals surface area (Å²) in [6.07, 6.45) is 2.76. The van der Waals surface area contributed by atoms with Gasteiger partial charge in [0.1, 0.15) is 0 Å². The first-order chi connectivity index (χ1) is 13.0. The van der Waals surface area contributed by atoms with Gasteiger partial charge in [-0.3, -0.25) is 14.4 Å². The normalized spacial score (nSPS) is 18.5. The molecule has 2 aliphatic heterocycles. The lowest BCUT2D eigenvalue weighted by molar-refractivity contribution is -0.144. The minimum Gasteiger partial charge on any atom is -0.343 e. The SMILES string of the molecule is CC(=O)N1CCN(C(=O)C2CCN(C(=O)CCc3ccccc3)CC2)CC1. The molecule has 1 aromatic carbocycles. The van der Waals surface area contributed by atoms with Crippen LogP contribution in [0.15, 0.2) is 30.3 Å². The number of amides is 3. The van der Waals surface area contributed by atoms with Crippen molar-refractivity contribution < 1.29 is 14.4 Å². The first-order valence-electron chi connectivity index (χ1n) is 9.90. The zero-order valence-corrected chi connectivity index (χ0v) is 16.1. The summed E-state index contributed by atoms with van der Waals surface area (Å²) >= 11 is 0. The smallest absolute Gasteiger partial charge is 0.225 e. The van der Waals surface area contributed by atoms with Gasteiger partial charge in [-0.25, -0.2) is 0 Å². The van der Waals surface area contributed by atoms with Crippen LogP contribution in [0.3, 0.4) is 0 Å². The Kier molecular flexibility index (Phi) is 6.48. The molecular weight excluding hydrogens is 342 g/mol. The average molecular weight is 371 g/mol. The van der Waals surface area contributed by atoms with Gasteiger partial charge in [-0.2, -0.15) is 0 Å². The molecule has 27 heavy (non-hydrogen) atoms. The fraction of sp³-hybridized carbons (Fsp3) is 0.571. The number of hydrogen-bond donors (Lipinski definition) is 0. The van der Waals surface area contributed by atoms with E-state index in [1.165, 1.54) is 5.56 Å². The van der Waals surface area contributed by atoms with E-state index in [4.69, 9.17) is 0 Å². The Morgan fingerprint density at radius 2 is 1.44 bits per heavy atom. The number of piperidine rings is 1. The third-order valence-electron chi connectivity index (χ3n) is 5.70. The molecule has 0 N–H and O–H groups in total. The predicted octanol–water partition coefficient (Wildman–Crippen LogP) is 1.55. The largest absolute Gasteiger partial charge is 0.343 e. The molecule has 0 atom stereocenters. The van der Waals surface area contributed by atoms with Crippen molar-refractivity contribution in [2.45, 2.75) is 32.6 Å². The number of aryl methyl sites for hydroxylation is 1. The first kappa shape index (κ1) is 19.4. The minimum atomic E-state index is 0.00653. The third kappa shape index (κ3) is 5.08. The summed E-state index contributed by atoms with van der Waals surface area (Å²) in [5.41, 5.74) is 1.18. The number of carbonyl (C=O) groups excluding carboxylic acids is 3. The van der Waals surface area contributed by atoms with E-state index in [-0.39, 0.29) is 23.6 Å². The standard InChI is InChI=1S/C21H29N3O3/c1-17(25)22-13-15-24(16-14-22)21(27)19-9-11-23(12-10-19)20(26)8-7-18-5-3-2-4-6-18/h2-6,19H,7-16H2,1H3. The Morgan fingerprint density at radius 1 is 0.852 bits per heavy atom. The molecule has 2 fully saturated rings. The first-order valence-corrected chi connectivity index (χ1v) is 9.90. The van der Waals surface area contributed by atoms with Crippen LogP contribution in [0, 0.1) is 5.92 Å². The zero-order chi connectivity index (χ0) is 19.2. The minimum absolute atomic E-state index is 0.00653. The molecule has 0 aromatic heterocycles. The molecule has 1 aromatic rings. The van der Waals surface area contributed by atoms with E-state index in [1.54, 1.807) is 11.8 Å². The molecule has 3 rings (SSSR count). The summed E-state index contributed by atoms with van der Waals surface area (Å²) in [5.74, 6) is 0.450. The molecule has 2 heterocycles. The second-order valence-corrected chi connectivity index (χ2v) is 7.47. The Bertz CT molecular complexity index is 661. The number of nitrogens with zero attached hydrogens (tertiary/aromatic N) is 3. The van der Waals surface area contributed by atoms with Crippen LogP contribution in [0.25, 0.3) is 0 Å². The Labute approximate surface area is 161 Å². The van der Waals surface area contributed by atoms with Crippen LogP contribution >= 0.6 is 0 Å². The van der Waals surface area contributed by atoms with Gasteiger partial charge in [-0.05, 0) is 24.8 Å². The van der Waals surface area contributed by atoms with Crippen LogP contribution in [0.1, 0.15) is 31.7 Å². The van der Waals surface area contributed by atoms with Crippen LogP contribution in [0.5, 0.6) is 0 Å². The Hall–Kier alpha value is -2.37. The fourth-order valence-corrected chi connectivity index (χ4v) is 3.93. The highest BCUT2D eigenvalue weighted by molar-refractivity contribution is 5.81. The van der Waals surface area contributed by atoms with Crippen molar-refractivity contribution in [1.29, 1.82) is 0 Å². The highest BCUT2D eigenvalue weighted by Crippen LogP contribution is 2.21. The molecule has 0 bridgehead atoms. The van der Waals surface area contributed by atoms with E-state index in [0.717, 1.165) is 19.3 Å². The number of benzene rings is 1.